The van der Waals surface area contributed by atoms with Gasteiger partial charge in [0.15, 0.2) is 11.5 Å². The van der Waals surface area contributed by atoms with E-state index in [9.17, 15) is 0 Å². The number of nitrogens with one attached hydrogen (secondary N) is 1. The molecule has 0 aliphatic heterocycles. The summed E-state index contributed by atoms with van der Waals surface area (Å²) in [5.74, 6) is 2.01. The van der Waals surface area contributed by atoms with Crippen molar-refractivity contribution in [3.8, 4) is 22.6 Å². The Labute approximate surface area is 111 Å². The zero-order valence-electron chi connectivity index (χ0n) is 10.8. The van der Waals surface area contributed by atoms with Gasteiger partial charge in [-0.15, -0.1) is 0 Å². The first-order chi connectivity index (χ1) is 9.29. The minimum Gasteiger partial charge on any atom is -0.493 e. The van der Waals surface area contributed by atoms with Crippen LogP contribution in [0.25, 0.3) is 11.1 Å². The number of anilines is 1. The summed E-state index contributed by atoms with van der Waals surface area (Å²) in [7, 11) is 1.64. The van der Waals surface area contributed by atoms with E-state index in [-0.39, 0.29) is 6.10 Å². The number of nitrogens with two attached hydrogens (primary N) is 1. The van der Waals surface area contributed by atoms with Crippen molar-refractivity contribution >= 4 is 5.82 Å². The molecule has 1 aliphatic carbocycles. The number of hydrogen-bond acceptors (Lipinski definition) is 4. The van der Waals surface area contributed by atoms with E-state index in [1.807, 2.05) is 18.2 Å². The molecular formula is C14H17N3O2. The van der Waals surface area contributed by atoms with E-state index in [2.05, 4.69) is 10.2 Å². The molecule has 1 aliphatic rings. The number of aromatic nitrogens is 2. The third-order valence-electron chi connectivity index (χ3n) is 3.49. The third-order valence-corrected chi connectivity index (χ3v) is 3.49. The second-order valence-corrected chi connectivity index (χ2v) is 4.71. The van der Waals surface area contributed by atoms with Crippen LogP contribution in [-0.2, 0) is 0 Å². The Morgan fingerprint density at radius 3 is 2.74 bits per heavy atom. The lowest BCUT2D eigenvalue weighted by atomic mass is 9.96. The topological polar surface area (TPSA) is 73.2 Å². The van der Waals surface area contributed by atoms with Crippen molar-refractivity contribution in [3.05, 3.63) is 24.4 Å². The second kappa shape index (κ2) is 4.84. The van der Waals surface area contributed by atoms with Crippen molar-refractivity contribution in [1.29, 1.82) is 0 Å². The maximum absolute atomic E-state index is 6.06. The number of aromatic amines is 1. The van der Waals surface area contributed by atoms with Crippen LogP contribution in [-0.4, -0.2) is 23.4 Å². The van der Waals surface area contributed by atoms with Crippen LogP contribution in [0.1, 0.15) is 19.3 Å². The molecule has 2 aromatic rings. The molecular weight excluding hydrogens is 242 g/mol. The van der Waals surface area contributed by atoms with E-state index in [0.717, 1.165) is 35.5 Å². The van der Waals surface area contributed by atoms with Gasteiger partial charge in [-0.1, -0.05) is 12.1 Å². The molecule has 19 heavy (non-hydrogen) atoms. The maximum atomic E-state index is 6.06. The molecule has 3 N–H and O–H groups in total. The van der Waals surface area contributed by atoms with Crippen molar-refractivity contribution in [3.63, 3.8) is 0 Å². The molecule has 1 heterocycles. The number of ether oxygens (including phenoxy) is 2. The summed E-state index contributed by atoms with van der Waals surface area (Å²) in [6.07, 6.45) is 5.40. The standard InChI is InChI=1S/C14H17N3O2/c1-18-12-7-3-6-10(11-8-16-17-14(11)15)13(12)19-9-4-2-5-9/h3,6-9H,2,4-5H2,1H3,(H3,15,16,17). The highest BCUT2D eigenvalue weighted by atomic mass is 16.5. The molecule has 5 nitrogen and oxygen atoms in total. The van der Waals surface area contributed by atoms with Crippen LogP contribution >= 0.6 is 0 Å². The Hall–Kier alpha value is -2.17. The molecule has 1 aromatic carbocycles. The van der Waals surface area contributed by atoms with Crippen LogP contribution in [0.5, 0.6) is 11.5 Å². The molecule has 1 fully saturated rings. The van der Waals surface area contributed by atoms with Gasteiger partial charge in [-0.05, 0) is 25.3 Å². The van der Waals surface area contributed by atoms with Gasteiger partial charge in [0.1, 0.15) is 5.82 Å². The Morgan fingerprint density at radius 2 is 2.16 bits per heavy atom. The van der Waals surface area contributed by atoms with Crippen LogP contribution in [0.4, 0.5) is 5.82 Å². The SMILES string of the molecule is COc1cccc(-c2cn[nH]c2N)c1OC1CCC1. The molecule has 0 spiro atoms. The summed E-state index contributed by atoms with van der Waals surface area (Å²) < 4.78 is 11.5. The van der Waals surface area contributed by atoms with Crippen molar-refractivity contribution < 1.29 is 9.47 Å². The molecule has 0 atom stereocenters. The summed E-state index contributed by atoms with van der Waals surface area (Å²) >= 11 is 0. The normalized spacial score (nSPS) is 15.0. The molecule has 0 saturated heterocycles. The third kappa shape index (κ3) is 2.12. The molecule has 5 heteroatoms. The fourth-order valence-corrected chi connectivity index (χ4v) is 2.18. The summed E-state index contributed by atoms with van der Waals surface area (Å²) in [6, 6.07) is 5.79. The van der Waals surface area contributed by atoms with Crippen LogP contribution in [0.15, 0.2) is 24.4 Å². The number of H-pyrrole nitrogens is 1. The Balaban J connectivity index is 2.04. The van der Waals surface area contributed by atoms with Gasteiger partial charge >= 0.3 is 0 Å². The van der Waals surface area contributed by atoms with E-state index in [1.54, 1.807) is 13.3 Å². The number of rotatable bonds is 4. The first-order valence-electron chi connectivity index (χ1n) is 6.42. The van der Waals surface area contributed by atoms with Crippen LogP contribution in [0.2, 0.25) is 0 Å². The number of benzene rings is 1. The predicted molar refractivity (Wildman–Crippen MR) is 73.3 cm³/mol. The van der Waals surface area contributed by atoms with Crippen LogP contribution < -0.4 is 15.2 Å². The van der Waals surface area contributed by atoms with Gasteiger partial charge in [0.05, 0.1) is 19.4 Å². The van der Waals surface area contributed by atoms with E-state index in [4.69, 9.17) is 15.2 Å². The monoisotopic (exact) mass is 259 g/mol. The van der Waals surface area contributed by atoms with Crippen molar-refractivity contribution in [2.45, 2.75) is 25.4 Å². The molecule has 0 radical (unpaired) electrons. The molecule has 100 valence electrons. The lowest BCUT2D eigenvalue weighted by molar-refractivity contribution is 0.117. The number of hydrogen-bond donors (Lipinski definition) is 2. The van der Waals surface area contributed by atoms with Crippen LogP contribution in [0, 0.1) is 0 Å². The number of nitrogens with zero attached hydrogens (tertiary/aromatic N) is 1. The highest BCUT2D eigenvalue weighted by Gasteiger charge is 2.23. The first kappa shape index (κ1) is 11.9. The van der Waals surface area contributed by atoms with E-state index in [0.29, 0.717) is 5.82 Å². The average molecular weight is 259 g/mol. The smallest absolute Gasteiger partial charge is 0.169 e. The highest BCUT2D eigenvalue weighted by molar-refractivity contribution is 5.80. The Morgan fingerprint density at radius 1 is 1.32 bits per heavy atom. The lowest BCUT2D eigenvalue weighted by Gasteiger charge is -2.28. The van der Waals surface area contributed by atoms with Gasteiger partial charge in [0.2, 0.25) is 0 Å². The zero-order valence-corrected chi connectivity index (χ0v) is 10.8. The summed E-state index contributed by atoms with van der Waals surface area (Å²) in [5, 5.41) is 6.71. The fraction of sp³-hybridized carbons (Fsp3) is 0.357. The van der Waals surface area contributed by atoms with Crippen molar-refractivity contribution in [2.24, 2.45) is 0 Å². The molecule has 1 aromatic heterocycles. The van der Waals surface area contributed by atoms with Crippen molar-refractivity contribution in [1.82, 2.24) is 10.2 Å². The fourth-order valence-electron chi connectivity index (χ4n) is 2.18. The molecule has 1 saturated carbocycles. The minimum absolute atomic E-state index is 0.281. The Bertz CT molecular complexity index is 576. The summed E-state index contributed by atoms with van der Waals surface area (Å²) in [6.45, 7) is 0. The molecule has 0 unspecified atom stereocenters. The van der Waals surface area contributed by atoms with E-state index >= 15 is 0 Å². The van der Waals surface area contributed by atoms with Gasteiger partial charge in [-0.25, -0.2) is 0 Å². The van der Waals surface area contributed by atoms with E-state index < -0.39 is 0 Å². The van der Waals surface area contributed by atoms with E-state index in [1.165, 1.54) is 6.42 Å². The lowest BCUT2D eigenvalue weighted by Crippen LogP contribution is -2.25. The average Bonchev–Trinajstić information content (AvgIpc) is 2.79. The molecule has 0 bridgehead atoms. The van der Waals surface area contributed by atoms with Gasteiger partial charge < -0.3 is 15.2 Å². The number of nitrogen functional groups attached to an aromatic ring is 1. The highest BCUT2D eigenvalue weighted by Crippen LogP contribution is 2.41. The van der Waals surface area contributed by atoms with Crippen molar-refractivity contribution in [2.75, 3.05) is 12.8 Å². The number of para-hydroxylation sites is 1. The minimum atomic E-state index is 0.281. The van der Waals surface area contributed by atoms with Gasteiger partial charge in [0, 0.05) is 11.1 Å². The van der Waals surface area contributed by atoms with Gasteiger partial charge in [-0.2, -0.15) is 5.10 Å². The largest absolute Gasteiger partial charge is 0.493 e. The second-order valence-electron chi connectivity index (χ2n) is 4.71. The zero-order chi connectivity index (χ0) is 13.2. The van der Waals surface area contributed by atoms with Crippen LogP contribution in [0.3, 0.4) is 0 Å². The Kier molecular flexibility index (Phi) is 3.03. The summed E-state index contributed by atoms with van der Waals surface area (Å²) in [5.41, 5.74) is 7.65. The summed E-state index contributed by atoms with van der Waals surface area (Å²) in [4.78, 5) is 0. The first-order valence-corrected chi connectivity index (χ1v) is 6.42. The van der Waals surface area contributed by atoms with Gasteiger partial charge in [0.25, 0.3) is 0 Å². The predicted octanol–water partition coefficient (Wildman–Crippen LogP) is 2.60. The molecule has 0 amide bonds. The van der Waals surface area contributed by atoms with Gasteiger partial charge in [-0.3, -0.25) is 5.10 Å². The quantitative estimate of drug-likeness (QED) is 0.885. The maximum Gasteiger partial charge on any atom is 0.169 e. The number of methoxy groups -OCH3 is 1. The molecule has 3 rings (SSSR count).